The lowest BCUT2D eigenvalue weighted by atomic mass is 9.94. The summed E-state index contributed by atoms with van der Waals surface area (Å²) >= 11 is 1.58. The van der Waals surface area contributed by atoms with Crippen molar-refractivity contribution < 1.29 is 13.9 Å². The van der Waals surface area contributed by atoms with Gasteiger partial charge in [-0.3, -0.25) is 0 Å². The number of rotatable bonds is 3. The Balaban J connectivity index is 2.48. The van der Waals surface area contributed by atoms with E-state index in [1.165, 1.54) is 4.88 Å². The van der Waals surface area contributed by atoms with E-state index in [2.05, 4.69) is 20.8 Å². The van der Waals surface area contributed by atoms with Crippen LogP contribution < -0.4 is 0 Å². The van der Waals surface area contributed by atoms with E-state index in [0.717, 1.165) is 11.8 Å². The Hall–Kier alpha value is -1.26. The van der Waals surface area contributed by atoms with Gasteiger partial charge < -0.3 is 5.11 Å². The predicted molar refractivity (Wildman–Crippen MR) is 84.0 cm³/mol. The molecule has 1 atom stereocenters. The molecule has 1 aromatic carbocycles. The molecular weight excluding hydrogens is 290 g/mol. The van der Waals surface area contributed by atoms with Crippen molar-refractivity contribution in [1.82, 2.24) is 0 Å². The van der Waals surface area contributed by atoms with E-state index < -0.39 is 12.0 Å². The maximum Gasteiger partial charge on any atom is 0.274 e. The molecule has 0 bridgehead atoms. The van der Waals surface area contributed by atoms with Gasteiger partial charge in [0.2, 0.25) is 0 Å². The molecule has 1 N–H and O–H groups in total. The van der Waals surface area contributed by atoms with Crippen LogP contribution in [-0.2, 0) is 5.41 Å². The summed E-state index contributed by atoms with van der Waals surface area (Å²) < 4.78 is 26.9. The zero-order chi connectivity index (χ0) is 15.8. The highest BCUT2D eigenvalue weighted by Crippen LogP contribution is 2.40. The van der Waals surface area contributed by atoms with E-state index >= 15 is 0 Å². The average Bonchev–Trinajstić information content (AvgIpc) is 2.86. The predicted octanol–water partition coefficient (Wildman–Crippen LogP) is 5.40. The molecule has 0 fully saturated rings. The fraction of sp³-hybridized carbons (Fsp3) is 0.412. The van der Waals surface area contributed by atoms with Crippen molar-refractivity contribution in [2.75, 3.05) is 0 Å². The number of aliphatic hydroxyl groups excluding tert-OH is 1. The summed E-state index contributed by atoms with van der Waals surface area (Å²) in [4.78, 5) is 2.09. The molecule has 0 amide bonds. The van der Waals surface area contributed by atoms with Crippen LogP contribution in [0.1, 0.15) is 44.2 Å². The summed E-state index contributed by atoms with van der Waals surface area (Å²) in [5, 5.41) is 9.92. The zero-order valence-electron chi connectivity index (χ0n) is 12.7. The van der Waals surface area contributed by atoms with Crippen LogP contribution in [0.4, 0.5) is 8.78 Å². The third kappa shape index (κ3) is 3.50. The fourth-order valence-corrected chi connectivity index (χ4v) is 3.23. The first-order valence-electron chi connectivity index (χ1n) is 6.86. The van der Waals surface area contributed by atoms with Crippen molar-refractivity contribution in [3.63, 3.8) is 0 Å². The van der Waals surface area contributed by atoms with Crippen molar-refractivity contribution >= 4 is 11.3 Å². The van der Waals surface area contributed by atoms with Crippen molar-refractivity contribution in [3.8, 4) is 10.4 Å². The number of hydrogen-bond acceptors (Lipinski definition) is 2. The molecule has 0 saturated carbocycles. The van der Waals surface area contributed by atoms with Gasteiger partial charge in [0, 0.05) is 16.7 Å². The van der Waals surface area contributed by atoms with Gasteiger partial charge in [-0.05, 0) is 28.7 Å². The Labute approximate surface area is 128 Å². The maximum absolute atomic E-state index is 13.4. The van der Waals surface area contributed by atoms with Gasteiger partial charge in [-0.25, -0.2) is 8.78 Å². The van der Waals surface area contributed by atoms with Crippen LogP contribution in [0.15, 0.2) is 36.4 Å². The Morgan fingerprint density at radius 3 is 2.14 bits per heavy atom. The Morgan fingerprint density at radius 1 is 1.00 bits per heavy atom. The summed E-state index contributed by atoms with van der Waals surface area (Å²) in [6.07, 6.45) is -1.80. The fourth-order valence-electron chi connectivity index (χ4n) is 2.12. The second-order valence-electron chi connectivity index (χ2n) is 6.36. The Morgan fingerprint density at radius 2 is 1.62 bits per heavy atom. The third-order valence-electron chi connectivity index (χ3n) is 3.35. The van der Waals surface area contributed by atoms with E-state index in [9.17, 15) is 13.9 Å². The van der Waals surface area contributed by atoms with Crippen LogP contribution in [0.5, 0.6) is 0 Å². The number of aliphatic hydroxyl groups is 1. The summed E-state index contributed by atoms with van der Waals surface area (Å²) in [6.45, 7) is 7.08. The highest BCUT2D eigenvalue weighted by molar-refractivity contribution is 7.15. The second-order valence-corrected chi connectivity index (χ2v) is 7.44. The summed E-state index contributed by atoms with van der Waals surface area (Å²) in [5.74, 6) is -3.17. The number of alkyl halides is 2. The topological polar surface area (TPSA) is 20.2 Å². The van der Waals surface area contributed by atoms with Gasteiger partial charge >= 0.3 is 0 Å². The minimum atomic E-state index is -3.17. The van der Waals surface area contributed by atoms with Crippen LogP contribution in [0, 0.1) is 0 Å². The monoisotopic (exact) mass is 310 g/mol. The minimum absolute atomic E-state index is 0.0190. The molecule has 0 radical (unpaired) electrons. The molecule has 2 rings (SSSR count). The smallest absolute Gasteiger partial charge is 0.274 e. The lowest BCUT2D eigenvalue weighted by molar-refractivity contribution is -0.0951. The standard InChI is InChI=1S/C17H20F2OS/c1-16(2,3)14-10-9-13(21-14)11-7-5-6-8-12(11)15(20)17(4,18)19/h5-10,15,20H,1-4H3. The SMILES string of the molecule is CC(C)(C)c1ccc(-c2ccccc2C(O)C(C)(F)F)s1. The molecule has 0 aliphatic carbocycles. The summed E-state index contributed by atoms with van der Waals surface area (Å²) in [6, 6.07) is 10.8. The molecule has 0 saturated heterocycles. The highest BCUT2D eigenvalue weighted by atomic mass is 32.1. The van der Waals surface area contributed by atoms with Gasteiger partial charge in [0.1, 0.15) is 6.10 Å². The highest BCUT2D eigenvalue weighted by Gasteiger charge is 2.35. The molecular formula is C17H20F2OS. The molecule has 2 aromatic rings. The lowest BCUT2D eigenvalue weighted by Gasteiger charge is -2.21. The number of thiophene rings is 1. The quantitative estimate of drug-likeness (QED) is 0.804. The Kier molecular flexibility index (Phi) is 4.22. The first-order chi connectivity index (χ1) is 9.60. The summed E-state index contributed by atoms with van der Waals surface area (Å²) in [5.41, 5.74) is 0.963. The average molecular weight is 310 g/mol. The first-order valence-corrected chi connectivity index (χ1v) is 7.68. The van der Waals surface area contributed by atoms with Crippen LogP contribution in [0.25, 0.3) is 10.4 Å². The summed E-state index contributed by atoms with van der Waals surface area (Å²) in [7, 11) is 0. The molecule has 1 aromatic heterocycles. The molecule has 21 heavy (non-hydrogen) atoms. The van der Waals surface area contributed by atoms with E-state index in [1.54, 1.807) is 35.6 Å². The molecule has 4 heteroatoms. The second kappa shape index (κ2) is 5.50. The normalized spacial score (nSPS) is 14.2. The van der Waals surface area contributed by atoms with Crippen molar-refractivity contribution in [2.24, 2.45) is 0 Å². The van der Waals surface area contributed by atoms with Crippen LogP contribution in [-0.4, -0.2) is 11.0 Å². The molecule has 1 unspecified atom stereocenters. The molecule has 114 valence electrons. The van der Waals surface area contributed by atoms with Crippen molar-refractivity contribution in [3.05, 3.63) is 46.8 Å². The lowest BCUT2D eigenvalue weighted by Crippen LogP contribution is -2.22. The number of benzene rings is 1. The molecule has 1 nitrogen and oxygen atoms in total. The van der Waals surface area contributed by atoms with Gasteiger partial charge in [0.25, 0.3) is 5.92 Å². The van der Waals surface area contributed by atoms with E-state index in [-0.39, 0.29) is 11.0 Å². The van der Waals surface area contributed by atoms with Crippen molar-refractivity contribution in [1.29, 1.82) is 0 Å². The van der Waals surface area contributed by atoms with Gasteiger partial charge in [0.05, 0.1) is 0 Å². The molecule has 0 spiro atoms. The van der Waals surface area contributed by atoms with E-state index in [1.807, 2.05) is 12.1 Å². The van der Waals surface area contributed by atoms with Gasteiger partial charge in [-0.2, -0.15) is 0 Å². The van der Waals surface area contributed by atoms with Crippen molar-refractivity contribution in [2.45, 2.75) is 45.1 Å². The van der Waals surface area contributed by atoms with Gasteiger partial charge in [-0.1, -0.05) is 45.0 Å². The van der Waals surface area contributed by atoms with Crippen LogP contribution in [0.3, 0.4) is 0 Å². The van der Waals surface area contributed by atoms with Gasteiger partial charge in [-0.15, -0.1) is 11.3 Å². The van der Waals surface area contributed by atoms with Gasteiger partial charge in [0.15, 0.2) is 0 Å². The first kappa shape index (κ1) is 16.1. The molecule has 0 aliphatic heterocycles. The van der Waals surface area contributed by atoms with Crippen LogP contribution in [0.2, 0.25) is 0 Å². The minimum Gasteiger partial charge on any atom is -0.382 e. The number of hydrogen-bond donors (Lipinski definition) is 1. The zero-order valence-corrected chi connectivity index (χ0v) is 13.5. The molecule has 1 heterocycles. The third-order valence-corrected chi connectivity index (χ3v) is 4.89. The molecule has 0 aliphatic rings. The Bertz CT molecular complexity index is 620. The van der Waals surface area contributed by atoms with Crippen LogP contribution >= 0.6 is 11.3 Å². The van der Waals surface area contributed by atoms with E-state index in [0.29, 0.717) is 5.56 Å². The maximum atomic E-state index is 13.4. The number of halogens is 2. The van der Waals surface area contributed by atoms with E-state index in [4.69, 9.17) is 0 Å². The largest absolute Gasteiger partial charge is 0.382 e.